The molecule has 9 rings (SSSR count). The van der Waals surface area contributed by atoms with Crippen LogP contribution in [0, 0.1) is 0 Å². The van der Waals surface area contributed by atoms with Crippen LogP contribution < -0.4 is 0 Å². The summed E-state index contributed by atoms with van der Waals surface area (Å²) in [7, 11) is 0. The maximum Gasteiger partial charge on any atom is 0.0352 e. The van der Waals surface area contributed by atoms with Gasteiger partial charge in [-0.25, -0.2) is 0 Å². The van der Waals surface area contributed by atoms with Crippen LogP contribution in [-0.2, 0) is 6.42 Å². The third kappa shape index (κ3) is 4.07. The maximum atomic E-state index is 2.51. The Kier molecular flexibility index (Phi) is 5.74. The van der Waals surface area contributed by atoms with Crippen molar-refractivity contribution in [2.75, 3.05) is 0 Å². The van der Waals surface area contributed by atoms with E-state index in [0.717, 1.165) is 6.42 Å². The molecule has 0 saturated heterocycles. The molecule has 0 N–H and O–H groups in total. The Bertz CT molecular complexity index is 2170. The van der Waals surface area contributed by atoms with Crippen LogP contribution in [0.15, 0.2) is 164 Å². The molecule has 2 aliphatic carbocycles. The summed E-state index contributed by atoms with van der Waals surface area (Å²) in [6.07, 6.45) is 1.00. The predicted octanol–water partition coefficient (Wildman–Crippen LogP) is 11.4. The fourth-order valence-corrected chi connectivity index (χ4v) is 7.46. The van der Waals surface area contributed by atoms with E-state index in [9.17, 15) is 0 Å². The molecule has 0 radical (unpaired) electrons. The van der Waals surface area contributed by atoms with E-state index in [1.165, 1.54) is 83.5 Å². The van der Waals surface area contributed by atoms with Crippen LogP contribution in [0.3, 0.4) is 0 Å². The van der Waals surface area contributed by atoms with Crippen LogP contribution in [-0.4, -0.2) is 0 Å². The van der Waals surface area contributed by atoms with Crippen molar-refractivity contribution in [3.8, 4) is 55.6 Å². The van der Waals surface area contributed by atoms with E-state index < -0.39 is 0 Å². The summed E-state index contributed by atoms with van der Waals surface area (Å²) in [6.45, 7) is 0. The second-order valence-corrected chi connectivity index (χ2v) is 12.1. The van der Waals surface area contributed by atoms with Gasteiger partial charge in [0, 0.05) is 5.92 Å². The van der Waals surface area contributed by atoms with Crippen molar-refractivity contribution in [2.24, 2.45) is 0 Å². The number of hydrogen-bond acceptors (Lipinski definition) is 0. The van der Waals surface area contributed by atoms with Gasteiger partial charge in [0.25, 0.3) is 0 Å². The van der Waals surface area contributed by atoms with Gasteiger partial charge in [-0.1, -0.05) is 152 Å². The van der Waals surface area contributed by atoms with E-state index >= 15 is 0 Å². The summed E-state index contributed by atoms with van der Waals surface area (Å²) >= 11 is 0. The summed E-state index contributed by atoms with van der Waals surface area (Å²) in [4.78, 5) is 0. The number of benzene rings is 7. The highest BCUT2D eigenvalue weighted by molar-refractivity contribution is 5.89. The minimum atomic E-state index is 0.182. The van der Waals surface area contributed by atoms with Gasteiger partial charge >= 0.3 is 0 Å². The van der Waals surface area contributed by atoms with Crippen molar-refractivity contribution < 1.29 is 0 Å². The summed E-state index contributed by atoms with van der Waals surface area (Å²) in [5, 5.41) is 0. The lowest BCUT2D eigenvalue weighted by molar-refractivity contribution is 1.01. The highest BCUT2D eigenvalue weighted by Crippen LogP contribution is 2.52. The van der Waals surface area contributed by atoms with Crippen LogP contribution in [0.5, 0.6) is 0 Å². The second kappa shape index (κ2) is 10.1. The van der Waals surface area contributed by atoms with Gasteiger partial charge < -0.3 is 0 Å². The molecule has 0 fully saturated rings. The molecule has 0 heteroatoms. The largest absolute Gasteiger partial charge is 0.0622 e. The molecule has 44 heavy (non-hydrogen) atoms. The van der Waals surface area contributed by atoms with Gasteiger partial charge in [-0.3, -0.25) is 0 Å². The molecule has 1 unspecified atom stereocenters. The van der Waals surface area contributed by atoms with E-state index in [2.05, 4.69) is 164 Å². The number of fused-ring (bicyclic) bond motifs is 6. The molecule has 7 aromatic rings. The van der Waals surface area contributed by atoms with E-state index in [-0.39, 0.29) is 5.92 Å². The van der Waals surface area contributed by atoms with Gasteiger partial charge in [0.2, 0.25) is 0 Å². The van der Waals surface area contributed by atoms with E-state index in [0.29, 0.717) is 0 Å². The monoisotopic (exact) mass is 558 g/mol. The summed E-state index contributed by atoms with van der Waals surface area (Å²) in [5.74, 6) is 0.182. The zero-order chi connectivity index (χ0) is 29.0. The number of rotatable bonds is 4. The SMILES string of the molecule is c1ccc(-c2ccc(-c3cc(-c4ccccc4)cc(C4c5ccccc5-c5cc6c(cc54)Cc4ccccc4-6)c3)cc2)cc1. The molecule has 0 amide bonds. The third-order valence-electron chi connectivity index (χ3n) is 9.56. The Morgan fingerprint density at radius 1 is 0.318 bits per heavy atom. The van der Waals surface area contributed by atoms with Crippen molar-refractivity contribution >= 4 is 0 Å². The molecule has 7 aromatic carbocycles. The van der Waals surface area contributed by atoms with Crippen LogP contribution in [0.25, 0.3) is 55.6 Å². The van der Waals surface area contributed by atoms with Crippen LogP contribution >= 0.6 is 0 Å². The molecule has 0 heterocycles. The van der Waals surface area contributed by atoms with E-state index in [1.807, 2.05) is 0 Å². The Labute approximate surface area is 258 Å². The zero-order valence-electron chi connectivity index (χ0n) is 24.4. The molecule has 2 aliphatic rings. The summed E-state index contributed by atoms with van der Waals surface area (Å²) in [5.41, 5.74) is 20.0. The van der Waals surface area contributed by atoms with E-state index in [1.54, 1.807) is 0 Å². The Hall–Kier alpha value is -5.46. The first-order chi connectivity index (χ1) is 21.8. The summed E-state index contributed by atoms with van der Waals surface area (Å²) in [6, 6.07) is 60.6. The van der Waals surface area contributed by atoms with Crippen molar-refractivity contribution in [1.29, 1.82) is 0 Å². The third-order valence-corrected chi connectivity index (χ3v) is 9.56. The molecular weight excluding hydrogens is 528 g/mol. The van der Waals surface area contributed by atoms with Crippen molar-refractivity contribution in [3.63, 3.8) is 0 Å². The lowest BCUT2D eigenvalue weighted by Crippen LogP contribution is -2.01. The Morgan fingerprint density at radius 2 is 0.864 bits per heavy atom. The first-order valence-electron chi connectivity index (χ1n) is 15.5. The number of hydrogen-bond donors (Lipinski definition) is 0. The minimum absolute atomic E-state index is 0.182. The maximum absolute atomic E-state index is 2.51. The van der Waals surface area contributed by atoms with Crippen molar-refractivity contribution in [1.82, 2.24) is 0 Å². The molecule has 0 aliphatic heterocycles. The van der Waals surface area contributed by atoms with Gasteiger partial charge in [0.05, 0.1) is 0 Å². The fraction of sp³-hybridized carbons (Fsp3) is 0.0455. The molecule has 206 valence electrons. The van der Waals surface area contributed by atoms with Crippen LogP contribution in [0.1, 0.15) is 33.7 Å². The first-order valence-corrected chi connectivity index (χ1v) is 15.5. The molecular formula is C44H30. The predicted molar refractivity (Wildman–Crippen MR) is 184 cm³/mol. The van der Waals surface area contributed by atoms with Gasteiger partial charge in [-0.15, -0.1) is 0 Å². The second-order valence-electron chi connectivity index (χ2n) is 12.1. The molecule has 0 bridgehead atoms. The fourth-order valence-electron chi connectivity index (χ4n) is 7.46. The Balaban J connectivity index is 1.22. The molecule has 0 saturated carbocycles. The topological polar surface area (TPSA) is 0 Å². The smallest absolute Gasteiger partial charge is 0.0352 e. The average Bonchev–Trinajstić information content (AvgIpc) is 3.62. The molecule has 1 atom stereocenters. The highest BCUT2D eigenvalue weighted by atomic mass is 14.4. The van der Waals surface area contributed by atoms with E-state index in [4.69, 9.17) is 0 Å². The molecule has 0 aromatic heterocycles. The van der Waals surface area contributed by atoms with Crippen LogP contribution in [0.4, 0.5) is 0 Å². The standard InChI is InChI=1S/C44H30/c1-3-11-29(12-4-1)31-19-21-32(22-20-31)35-24-34(30-13-5-2-6-14-30)25-37(26-35)44-40-18-10-9-17-39(40)42-28-41-36(27-43(42)44)23-33-15-7-8-16-38(33)41/h1-22,24-28,44H,23H2. The lowest BCUT2D eigenvalue weighted by Gasteiger charge is -2.19. The van der Waals surface area contributed by atoms with Gasteiger partial charge in [0.1, 0.15) is 0 Å². The van der Waals surface area contributed by atoms with Gasteiger partial charge in [0.15, 0.2) is 0 Å². The zero-order valence-corrected chi connectivity index (χ0v) is 24.4. The van der Waals surface area contributed by atoms with Crippen molar-refractivity contribution in [2.45, 2.75) is 12.3 Å². The molecule has 0 spiro atoms. The quantitative estimate of drug-likeness (QED) is 0.201. The van der Waals surface area contributed by atoms with Crippen molar-refractivity contribution in [3.05, 3.63) is 192 Å². The summed E-state index contributed by atoms with van der Waals surface area (Å²) < 4.78 is 0. The average molecular weight is 559 g/mol. The lowest BCUT2D eigenvalue weighted by atomic mass is 9.84. The first kappa shape index (κ1) is 25.1. The Morgan fingerprint density at radius 3 is 1.57 bits per heavy atom. The normalized spacial score (nSPS) is 14.0. The minimum Gasteiger partial charge on any atom is -0.0622 e. The highest BCUT2D eigenvalue weighted by Gasteiger charge is 2.33. The van der Waals surface area contributed by atoms with Gasteiger partial charge in [-0.05, 0) is 102 Å². The van der Waals surface area contributed by atoms with Gasteiger partial charge in [-0.2, -0.15) is 0 Å². The van der Waals surface area contributed by atoms with Crippen LogP contribution in [0.2, 0.25) is 0 Å². The molecule has 0 nitrogen and oxygen atoms in total.